The van der Waals surface area contributed by atoms with Gasteiger partial charge in [-0.1, -0.05) is 11.6 Å². The molecule has 1 aliphatic heterocycles. The van der Waals surface area contributed by atoms with Crippen molar-refractivity contribution in [3.8, 4) is 0 Å². The zero-order chi connectivity index (χ0) is 14.9. The summed E-state index contributed by atoms with van der Waals surface area (Å²) >= 11 is 5.90. The van der Waals surface area contributed by atoms with Crippen LogP contribution in [0.25, 0.3) is 0 Å². The zero-order valence-corrected chi connectivity index (χ0v) is 11.2. The molecule has 5 nitrogen and oxygen atoms in total. The van der Waals surface area contributed by atoms with Gasteiger partial charge in [0.15, 0.2) is 6.10 Å². The first-order chi connectivity index (χ1) is 9.30. The second-order valence-corrected chi connectivity index (χ2v) is 4.96. The molecule has 2 heterocycles. The molecule has 1 unspecified atom stereocenters. The molecule has 1 aromatic heterocycles. The molecule has 20 heavy (non-hydrogen) atoms. The Morgan fingerprint density at radius 2 is 2.00 bits per heavy atom. The summed E-state index contributed by atoms with van der Waals surface area (Å²) in [5.74, 6) is 0. The predicted octanol–water partition coefficient (Wildman–Crippen LogP) is 1.42. The number of aromatic nitrogens is 2. The van der Waals surface area contributed by atoms with E-state index in [2.05, 4.69) is 5.10 Å². The first-order valence-corrected chi connectivity index (χ1v) is 6.44. The summed E-state index contributed by atoms with van der Waals surface area (Å²) in [5, 5.41) is 12.4. The van der Waals surface area contributed by atoms with Crippen LogP contribution >= 0.6 is 11.6 Å². The number of anilines is 1. The van der Waals surface area contributed by atoms with Gasteiger partial charge in [-0.25, -0.2) is 4.68 Å². The second kappa shape index (κ2) is 5.61. The average molecular weight is 312 g/mol. The van der Waals surface area contributed by atoms with Crippen LogP contribution in [-0.4, -0.2) is 40.3 Å². The average Bonchev–Trinajstić information content (AvgIpc) is 2.87. The molecule has 1 aliphatic rings. The largest absolute Gasteiger partial charge is 0.416 e. The van der Waals surface area contributed by atoms with E-state index in [9.17, 15) is 18.0 Å². The lowest BCUT2D eigenvalue weighted by Gasteiger charge is -2.20. The van der Waals surface area contributed by atoms with Gasteiger partial charge in [-0.2, -0.15) is 18.3 Å². The van der Waals surface area contributed by atoms with Gasteiger partial charge < -0.3 is 10.0 Å². The number of rotatable bonds is 3. The van der Waals surface area contributed by atoms with Gasteiger partial charge in [0.05, 0.1) is 18.4 Å². The van der Waals surface area contributed by atoms with Crippen LogP contribution in [0.15, 0.2) is 11.0 Å². The summed E-state index contributed by atoms with van der Waals surface area (Å²) in [6, 6.07) is 0. The quantitative estimate of drug-likeness (QED) is 0.917. The van der Waals surface area contributed by atoms with E-state index in [4.69, 9.17) is 16.7 Å². The lowest BCUT2D eigenvalue weighted by molar-refractivity contribution is -0.208. The van der Waals surface area contributed by atoms with Crippen LogP contribution < -0.4 is 10.5 Å². The number of nitrogens with zero attached hydrogens (tertiary/aromatic N) is 3. The highest BCUT2D eigenvalue weighted by atomic mass is 35.5. The van der Waals surface area contributed by atoms with E-state index in [0.717, 1.165) is 25.9 Å². The van der Waals surface area contributed by atoms with E-state index in [-0.39, 0.29) is 5.02 Å². The highest BCUT2D eigenvalue weighted by Crippen LogP contribution is 2.25. The van der Waals surface area contributed by atoms with Gasteiger partial charge in [-0.15, -0.1) is 0 Å². The first-order valence-electron chi connectivity index (χ1n) is 6.06. The van der Waals surface area contributed by atoms with Gasteiger partial charge in [0.2, 0.25) is 0 Å². The van der Waals surface area contributed by atoms with Gasteiger partial charge in [0.1, 0.15) is 5.02 Å². The normalized spacial score (nSPS) is 17.6. The molecule has 1 fully saturated rings. The molecule has 0 aromatic carbocycles. The van der Waals surface area contributed by atoms with Crippen molar-refractivity contribution in [3.05, 3.63) is 21.6 Å². The monoisotopic (exact) mass is 311 g/mol. The van der Waals surface area contributed by atoms with Gasteiger partial charge >= 0.3 is 6.18 Å². The summed E-state index contributed by atoms with van der Waals surface area (Å²) in [7, 11) is 0. The standard InChI is InChI=1S/C11H13ClF3N3O2/c12-9-7(17-3-1-2-4-17)5-16-18(10(9)20)6-8(19)11(13,14)15/h5,8,19H,1-4,6H2. The van der Waals surface area contributed by atoms with Crippen LogP contribution in [0.2, 0.25) is 5.02 Å². The van der Waals surface area contributed by atoms with Crippen molar-refractivity contribution in [2.75, 3.05) is 18.0 Å². The minimum atomic E-state index is -4.80. The van der Waals surface area contributed by atoms with Gasteiger partial charge in [0.25, 0.3) is 5.56 Å². The van der Waals surface area contributed by atoms with Crippen molar-refractivity contribution in [2.45, 2.75) is 31.7 Å². The molecule has 0 bridgehead atoms. The van der Waals surface area contributed by atoms with Crippen molar-refractivity contribution < 1.29 is 18.3 Å². The molecule has 1 N–H and O–H groups in total. The second-order valence-electron chi connectivity index (χ2n) is 4.58. The molecule has 1 saturated heterocycles. The number of hydrogen-bond donors (Lipinski definition) is 1. The first kappa shape index (κ1) is 15.1. The fourth-order valence-electron chi connectivity index (χ4n) is 2.03. The van der Waals surface area contributed by atoms with Crippen molar-refractivity contribution in [3.63, 3.8) is 0 Å². The van der Waals surface area contributed by atoms with E-state index < -0.39 is 24.4 Å². The molecule has 0 amide bonds. The molecular weight excluding hydrogens is 299 g/mol. The predicted molar refractivity (Wildman–Crippen MR) is 67.0 cm³/mol. The Morgan fingerprint density at radius 3 is 2.55 bits per heavy atom. The van der Waals surface area contributed by atoms with Crippen LogP contribution in [0.4, 0.5) is 18.9 Å². The summed E-state index contributed by atoms with van der Waals surface area (Å²) in [6.45, 7) is 0.494. The third kappa shape index (κ3) is 3.06. The lowest BCUT2D eigenvalue weighted by Crippen LogP contribution is -2.38. The number of hydrogen-bond acceptors (Lipinski definition) is 4. The Morgan fingerprint density at radius 1 is 1.40 bits per heavy atom. The minimum absolute atomic E-state index is 0.170. The maximum absolute atomic E-state index is 12.3. The van der Waals surface area contributed by atoms with Crippen LogP contribution in [-0.2, 0) is 6.54 Å². The molecule has 1 aromatic rings. The minimum Gasteiger partial charge on any atom is -0.382 e. The third-order valence-electron chi connectivity index (χ3n) is 3.14. The molecule has 0 saturated carbocycles. The maximum Gasteiger partial charge on any atom is 0.416 e. The van der Waals surface area contributed by atoms with E-state index >= 15 is 0 Å². The van der Waals surface area contributed by atoms with Crippen molar-refractivity contribution >= 4 is 17.3 Å². The van der Waals surface area contributed by atoms with Crippen LogP contribution in [0.1, 0.15) is 12.8 Å². The molecule has 2 rings (SSSR count). The van der Waals surface area contributed by atoms with E-state index in [1.165, 1.54) is 6.20 Å². The fraction of sp³-hybridized carbons (Fsp3) is 0.636. The summed E-state index contributed by atoms with van der Waals surface area (Å²) in [4.78, 5) is 13.7. The Bertz CT molecular complexity index is 541. The summed E-state index contributed by atoms with van der Waals surface area (Å²) < 4.78 is 37.3. The van der Waals surface area contributed by atoms with Gasteiger partial charge in [0, 0.05) is 13.1 Å². The van der Waals surface area contributed by atoms with E-state index in [1.807, 2.05) is 4.90 Å². The highest BCUT2D eigenvalue weighted by molar-refractivity contribution is 6.33. The maximum atomic E-state index is 12.3. The van der Waals surface area contributed by atoms with Crippen molar-refractivity contribution in [1.82, 2.24) is 9.78 Å². The van der Waals surface area contributed by atoms with E-state index in [0.29, 0.717) is 10.4 Å². The molecule has 112 valence electrons. The fourth-order valence-corrected chi connectivity index (χ4v) is 2.30. The zero-order valence-electron chi connectivity index (χ0n) is 10.4. The molecule has 1 atom stereocenters. The lowest BCUT2D eigenvalue weighted by atomic mass is 10.3. The Balaban J connectivity index is 2.25. The van der Waals surface area contributed by atoms with Crippen LogP contribution in [0.3, 0.4) is 0 Å². The van der Waals surface area contributed by atoms with Crippen LogP contribution in [0, 0.1) is 0 Å². The third-order valence-corrected chi connectivity index (χ3v) is 3.49. The van der Waals surface area contributed by atoms with Crippen molar-refractivity contribution in [2.24, 2.45) is 0 Å². The van der Waals surface area contributed by atoms with Crippen LogP contribution in [0.5, 0.6) is 0 Å². The number of aliphatic hydroxyl groups excluding tert-OH is 1. The van der Waals surface area contributed by atoms with Gasteiger partial charge in [-0.3, -0.25) is 4.79 Å². The Hall–Kier alpha value is -1.28. The van der Waals surface area contributed by atoms with E-state index in [1.54, 1.807) is 0 Å². The summed E-state index contributed by atoms with van der Waals surface area (Å²) in [6.07, 6.45) is -4.26. The number of alkyl halides is 3. The smallest absolute Gasteiger partial charge is 0.382 e. The SMILES string of the molecule is O=c1c(Cl)c(N2CCCC2)cnn1CC(O)C(F)(F)F. The van der Waals surface area contributed by atoms with Gasteiger partial charge in [-0.05, 0) is 12.8 Å². The molecule has 0 spiro atoms. The summed E-state index contributed by atoms with van der Waals surface area (Å²) in [5.41, 5.74) is -0.411. The highest BCUT2D eigenvalue weighted by Gasteiger charge is 2.39. The molecular formula is C11H13ClF3N3O2. The molecule has 0 radical (unpaired) electrons. The molecule has 9 heteroatoms. The topological polar surface area (TPSA) is 58.4 Å². The number of aliphatic hydroxyl groups is 1. The number of halogens is 4. The Kier molecular flexibility index (Phi) is 4.24. The Labute approximate surface area is 117 Å². The van der Waals surface area contributed by atoms with Crippen molar-refractivity contribution in [1.29, 1.82) is 0 Å². The molecule has 0 aliphatic carbocycles.